The van der Waals surface area contributed by atoms with Crippen LogP contribution in [0.15, 0.2) is 34.0 Å². The number of rotatable bonds is 5. The van der Waals surface area contributed by atoms with Gasteiger partial charge in [-0.25, -0.2) is 4.79 Å². The zero-order valence-electron chi connectivity index (χ0n) is 12.4. The molecule has 2 atom stereocenters. The Morgan fingerprint density at radius 1 is 1.30 bits per heavy atom. The van der Waals surface area contributed by atoms with E-state index in [0.29, 0.717) is 16.9 Å². The van der Waals surface area contributed by atoms with E-state index in [1.54, 1.807) is 13.1 Å². The molecule has 1 fully saturated rings. The van der Waals surface area contributed by atoms with Gasteiger partial charge in [0.25, 0.3) is 5.22 Å². The van der Waals surface area contributed by atoms with E-state index in [2.05, 4.69) is 25.8 Å². The zero-order valence-corrected chi connectivity index (χ0v) is 13.2. The summed E-state index contributed by atoms with van der Waals surface area (Å²) in [5.41, 5.74) is 0.917. The molecule has 0 radical (unpaired) electrons. The van der Waals surface area contributed by atoms with Crippen LogP contribution in [0.25, 0.3) is 0 Å². The first-order valence-corrected chi connectivity index (χ1v) is 8.07. The van der Waals surface area contributed by atoms with Gasteiger partial charge >= 0.3 is 6.03 Å². The van der Waals surface area contributed by atoms with Gasteiger partial charge in [0.15, 0.2) is 0 Å². The van der Waals surface area contributed by atoms with Crippen LogP contribution in [-0.4, -0.2) is 33.2 Å². The molecule has 120 valence electrons. The van der Waals surface area contributed by atoms with Gasteiger partial charge in [-0.2, -0.15) is 0 Å². The largest absolute Gasteiger partial charge is 0.416 e. The molecule has 0 aromatic carbocycles. The molecule has 0 spiro atoms. The SMILES string of the molecule is CC1NC(=O)NC(=O)C1Cc1nnc(SCc2ccccn2)o1. The maximum Gasteiger partial charge on any atom is 0.321 e. The number of amides is 3. The van der Waals surface area contributed by atoms with Gasteiger partial charge in [-0.3, -0.25) is 15.1 Å². The van der Waals surface area contributed by atoms with Gasteiger partial charge in [-0.1, -0.05) is 17.8 Å². The highest BCUT2D eigenvalue weighted by Gasteiger charge is 2.33. The highest BCUT2D eigenvalue weighted by Crippen LogP contribution is 2.22. The smallest absolute Gasteiger partial charge is 0.321 e. The van der Waals surface area contributed by atoms with Crippen LogP contribution in [0.3, 0.4) is 0 Å². The standard InChI is InChI=1S/C14H15N5O3S/c1-8-10(12(20)17-13(21)16-8)6-11-18-19-14(22-11)23-7-9-4-2-3-5-15-9/h2-5,8,10H,6-7H2,1H3,(H2,16,17,20,21). The maximum absolute atomic E-state index is 11.9. The molecule has 1 saturated heterocycles. The van der Waals surface area contributed by atoms with Crippen LogP contribution in [0.4, 0.5) is 4.79 Å². The van der Waals surface area contributed by atoms with Gasteiger partial charge in [0, 0.05) is 24.4 Å². The molecule has 1 aliphatic heterocycles. The third-order valence-electron chi connectivity index (χ3n) is 3.45. The predicted octanol–water partition coefficient (Wildman–Crippen LogP) is 1.14. The summed E-state index contributed by atoms with van der Waals surface area (Å²) < 4.78 is 5.55. The number of aromatic nitrogens is 3. The second kappa shape index (κ2) is 6.78. The summed E-state index contributed by atoms with van der Waals surface area (Å²) in [6.07, 6.45) is 2.01. The van der Waals surface area contributed by atoms with E-state index in [9.17, 15) is 9.59 Å². The van der Waals surface area contributed by atoms with E-state index in [4.69, 9.17) is 4.42 Å². The highest BCUT2D eigenvalue weighted by molar-refractivity contribution is 7.98. The number of carbonyl (C=O) groups is 2. The molecule has 8 nitrogen and oxygen atoms in total. The molecule has 3 heterocycles. The number of hydrogen-bond acceptors (Lipinski definition) is 7. The summed E-state index contributed by atoms with van der Waals surface area (Å²) in [6.45, 7) is 1.77. The topological polar surface area (TPSA) is 110 Å². The first kappa shape index (κ1) is 15.5. The Kier molecular flexibility index (Phi) is 4.56. The normalized spacial score (nSPS) is 20.9. The van der Waals surface area contributed by atoms with Crippen LogP contribution in [-0.2, 0) is 17.0 Å². The first-order valence-electron chi connectivity index (χ1n) is 7.08. The minimum absolute atomic E-state index is 0.282. The lowest BCUT2D eigenvalue weighted by atomic mass is 9.95. The summed E-state index contributed by atoms with van der Waals surface area (Å²) in [5.74, 6) is 0.236. The van der Waals surface area contributed by atoms with Crippen LogP contribution in [0.5, 0.6) is 0 Å². The van der Waals surface area contributed by atoms with Crippen molar-refractivity contribution in [2.75, 3.05) is 0 Å². The second-order valence-electron chi connectivity index (χ2n) is 5.13. The van der Waals surface area contributed by atoms with Crippen molar-refractivity contribution in [3.63, 3.8) is 0 Å². The van der Waals surface area contributed by atoms with Crippen LogP contribution >= 0.6 is 11.8 Å². The first-order chi connectivity index (χ1) is 11.1. The van der Waals surface area contributed by atoms with E-state index < -0.39 is 11.9 Å². The van der Waals surface area contributed by atoms with Gasteiger partial charge < -0.3 is 9.73 Å². The molecule has 23 heavy (non-hydrogen) atoms. The lowest BCUT2D eigenvalue weighted by Gasteiger charge is -2.27. The molecular formula is C14H15N5O3S. The minimum atomic E-state index is -0.476. The molecule has 3 amide bonds. The Labute approximate surface area is 136 Å². The fourth-order valence-electron chi connectivity index (χ4n) is 2.23. The van der Waals surface area contributed by atoms with Crippen molar-refractivity contribution < 1.29 is 14.0 Å². The molecule has 1 aliphatic rings. The molecule has 3 rings (SSSR count). The average molecular weight is 333 g/mol. The number of nitrogens with zero attached hydrogens (tertiary/aromatic N) is 3. The number of pyridine rings is 1. The third kappa shape index (κ3) is 3.86. The van der Waals surface area contributed by atoms with Crippen LogP contribution < -0.4 is 10.6 Å². The summed E-state index contributed by atoms with van der Waals surface area (Å²) >= 11 is 1.39. The molecule has 0 aliphatic carbocycles. The van der Waals surface area contributed by atoms with Gasteiger partial charge in [0.2, 0.25) is 11.8 Å². The van der Waals surface area contributed by atoms with Crippen molar-refractivity contribution >= 4 is 23.7 Å². The molecule has 0 bridgehead atoms. The molecule has 0 saturated carbocycles. The van der Waals surface area contributed by atoms with Crippen molar-refractivity contribution in [3.8, 4) is 0 Å². The summed E-state index contributed by atoms with van der Waals surface area (Å²) in [4.78, 5) is 27.3. The number of thioether (sulfide) groups is 1. The lowest BCUT2D eigenvalue weighted by Crippen LogP contribution is -2.57. The summed E-state index contributed by atoms with van der Waals surface area (Å²) in [5, 5.41) is 13.3. The molecule has 2 N–H and O–H groups in total. The number of nitrogens with one attached hydrogen (secondary N) is 2. The Bertz CT molecular complexity index is 705. The van der Waals surface area contributed by atoms with Crippen molar-refractivity contribution in [3.05, 3.63) is 36.0 Å². The Balaban J connectivity index is 1.59. The van der Waals surface area contributed by atoms with E-state index >= 15 is 0 Å². The van der Waals surface area contributed by atoms with E-state index in [0.717, 1.165) is 5.69 Å². The Hall–Kier alpha value is -2.42. The number of urea groups is 1. The molecule has 2 aromatic rings. The maximum atomic E-state index is 11.9. The van der Waals surface area contributed by atoms with Crippen molar-refractivity contribution in [1.29, 1.82) is 0 Å². The molecular weight excluding hydrogens is 318 g/mol. The Morgan fingerprint density at radius 3 is 2.91 bits per heavy atom. The highest BCUT2D eigenvalue weighted by atomic mass is 32.2. The molecule has 2 aromatic heterocycles. The zero-order chi connectivity index (χ0) is 16.2. The molecule has 9 heteroatoms. The fourth-order valence-corrected chi connectivity index (χ4v) is 2.93. The average Bonchev–Trinajstić information content (AvgIpc) is 2.97. The third-order valence-corrected chi connectivity index (χ3v) is 4.30. The second-order valence-corrected chi connectivity index (χ2v) is 6.06. The fraction of sp³-hybridized carbons (Fsp3) is 0.357. The Morgan fingerprint density at radius 2 is 2.17 bits per heavy atom. The van der Waals surface area contributed by atoms with E-state index in [1.807, 2.05) is 18.2 Å². The minimum Gasteiger partial charge on any atom is -0.416 e. The van der Waals surface area contributed by atoms with Gasteiger partial charge in [0.1, 0.15) is 0 Å². The number of imide groups is 1. The summed E-state index contributed by atoms with van der Waals surface area (Å²) in [7, 11) is 0. The summed E-state index contributed by atoms with van der Waals surface area (Å²) in [6, 6.07) is 4.93. The van der Waals surface area contributed by atoms with Crippen molar-refractivity contribution in [2.24, 2.45) is 5.92 Å². The van der Waals surface area contributed by atoms with Gasteiger partial charge in [-0.05, 0) is 19.1 Å². The van der Waals surface area contributed by atoms with E-state index in [1.165, 1.54) is 11.8 Å². The number of carbonyl (C=O) groups excluding carboxylic acids is 2. The van der Waals surface area contributed by atoms with Crippen molar-refractivity contribution in [1.82, 2.24) is 25.8 Å². The van der Waals surface area contributed by atoms with Crippen LogP contribution in [0.2, 0.25) is 0 Å². The predicted molar refractivity (Wildman–Crippen MR) is 81.4 cm³/mol. The number of hydrogen-bond donors (Lipinski definition) is 2. The van der Waals surface area contributed by atoms with Crippen LogP contribution in [0, 0.1) is 5.92 Å². The van der Waals surface area contributed by atoms with Crippen molar-refractivity contribution in [2.45, 2.75) is 30.4 Å². The van der Waals surface area contributed by atoms with Gasteiger partial charge in [0.05, 0.1) is 11.6 Å². The lowest BCUT2D eigenvalue weighted by molar-refractivity contribution is -0.125. The van der Waals surface area contributed by atoms with Crippen LogP contribution in [0.1, 0.15) is 18.5 Å². The monoisotopic (exact) mass is 333 g/mol. The van der Waals surface area contributed by atoms with Gasteiger partial charge in [-0.15, -0.1) is 10.2 Å². The quantitative estimate of drug-likeness (QED) is 0.790. The molecule has 2 unspecified atom stereocenters. The van der Waals surface area contributed by atoms with E-state index in [-0.39, 0.29) is 18.4 Å².